The van der Waals surface area contributed by atoms with Gasteiger partial charge in [0.05, 0.1) is 11.8 Å². The molecule has 1 aromatic heterocycles. The van der Waals surface area contributed by atoms with E-state index in [1.165, 1.54) is 0 Å². The summed E-state index contributed by atoms with van der Waals surface area (Å²) in [6.45, 7) is 6.54. The van der Waals surface area contributed by atoms with E-state index in [9.17, 15) is 0 Å². The molecule has 28 heavy (non-hydrogen) atoms. The van der Waals surface area contributed by atoms with Gasteiger partial charge in [-0.15, -0.1) is 12.4 Å². The molecule has 0 saturated carbocycles. The predicted molar refractivity (Wildman–Crippen MR) is 110 cm³/mol. The lowest BCUT2D eigenvalue weighted by molar-refractivity contribution is 0.0770. The maximum absolute atomic E-state index is 5.89. The highest BCUT2D eigenvalue weighted by Crippen LogP contribution is 2.22. The first-order chi connectivity index (χ1) is 13.2. The van der Waals surface area contributed by atoms with Gasteiger partial charge in [-0.2, -0.15) is 4.68 Å². The number of benzene rings is 2. The molecule has 0 unspecified atom stereocenters. The molecule has 0 aliphatic heterocycles. The molecule has 0 fully saturated rings. The number of rotatable bonds is 10. The molecule has 0 amide bonds. The van der Waals surface area contributed by atoms with Gasteiger partial charge in [-0.1, -0.05) is 35.4 Å². The third-order valence-electron chi connectivity index (χ3n) is 3.83. The summed E-state index contributed by atoms with van der Waals surface area (Å²) in [7, 11) is 0. The Labute approximate surface area is 171 Å². The molecule has 2 aromatic carbocycles. The number of para-hydroxylation sites is 1. The zero-order valence-electron chi connectivity index (χ0n) is 16.1. The maximum atomic E-state index is 5.89. The third-order valence-corrected chi connectivity index (χ3v) is 3.83. The summed E-state index contributed by atoms with van der Waals surface area (Å²) >= 11 is 0. The number of ether oxygens (including phenoxy) is 2. The molecule has 0 spiro atoms. The highest BCUT2D eigenvalue weighted by Gasteiger charge is 2.10. The van der Waals surface area contributed by atoms with E-state index in [1.807, 2.05) is 62.4 Å². The van der Waals surface area contributed by atoms with E-state index >= 15 is 0 Å². The van der Waals surface area contributed by atoms with Crippen LogP contribution in [0.15, 0.2) is 54.6 Å². The summed E-state index contributed by atoms with van der Waals surface area (Å²) in [4.78, 5) is 0. The predicted octanol–water partition coefficient (Wildman–Crippen LogP) is 3.78. The van der Waals surface area contributed by atoms with Gasteiger partial charge in [-0.25, -0.2) is 0 Å². The lowest BCUT2D eigenvalue weighted by Crippen LogP contribution is -2.17. The van der Waals surface area contributed by atoms with Crippen molar-refractivity contribution in [2.45, 2.75) is 32.9 Å². The van der Waals surface area contributed by atoms with Gasteiger partial charge in [0.15, 0.2) is 0 Å². The van der Waals surface area contributed by atoms with Crippen LogP contribution in [0.25, 0.3) is 5.69 Å². The van der Waals surface area contributed by atoms with Crippen LogP contribution in [-0.4, -0.2) is 39.5 Å². The minimum absolute atomic E-state index is 0. The van der Waals surface area contributed by atoms with E-state index in [4.69, 9.17) is 9.47 Å². The van der Waals surface area contributed by atoms with Crippen LogP contribution in [0.2, 0.25) is 0 Å². The average Bonchev–Trinajstić information content (AvgIpc) is 3.13. The van der Waals surface area contributed by atoms with Crippen molar-refractivity contribution in [2.24, 2.45) is 0 Å². The summed E-state index contributed by atoms with van der Waals surface area (Å²) in [6.07, 6.45) is 1.27. The molecule has 0 aliphatic carbocycles. The van der Waals surface area contributed by atoms with Gasteiger partial charge in [0.2, 0.25) is 0 Å². The van der Waals surface area contributed by atoms with Gasteiger partial charge in [0, 0.05) is 13.2 Å². The molecule has 3 rings (SSSR count). The SMILES string of the molecule is CC(C)OCCCNCc1cccc(Oc2nnnn2-c2ccccc2)c1.Cl. The van der Waals surface area contributed by atoms with Gasteiger partial charge in [0.25, 0.3) is 0 Å². The summed E-state index contributed by atoms with van der Waals surface area (Å²) in [5, 5.41) is 15.1. The fraction of sp³-hybridized carbons (Fsp3) is 0.350. The van der Waals surface area contributed by atoms with Gasteiger partial charge < -0.3 is 14.8 Å². The maximum Gasteiger partial charge on any atom is 0.345 e. The molecule has 0 bridgehead atoms. The van der Waals surface area contributed by atoms with E-state index in [-0.39, 0.29) is 18.5 Å². The van der Waals surface area contributed by atoms with E-state index in [0.29, 0.717) is 11.8 Å². The summed E-state index contributed by atoms with van der Waals surface area (Å²) < 4.78 is 13.0. The van der Waals surface area contributed by atoms with E-state index in [2.05, 4.69) is 26.9 Å². The molecular formula is C20H26ClN5O2. The van der Waals surface area contributed by atoms with Gasteiger partial charge in [-0.3, -0.25) is 0 Å². The summed E-state index contributed by atoms with van der Waals surface area (Å²) in [5.41, 5.74) is 1.98. The third kappa shape index (κ3) is 6.60. The lowest BCUT2D eigenvalue weighted by atomic mass is 10.2. The normalized spacial score (nSPS) is 10.7. The zero-order valence-corrected chi connectivity index (χ0v) is 16.9. The Morgan fingerprint density at radius 3 is 2.68 bits per heavy atom. The Balaban J connectivity index is 0.00000280. The Morgan fingerprint density at radius 1 is 1.07 bits per heavy atom. The van der Waals surface area contributed by atoms with Gasteiger partial charge >= 0.3 is 6.01 Å². The zero-order chi connectivity index (χ0) is 18.9. The highest BCUT2D eigenvalue weighted by atomic mass is 35.5. The first-order valence-electron chi connectivity index (χ1n) is 9.15. The molecule has 8 heteroatoms. The van der Waals surface area contributed by atoms with Crippen molar-refractivity contribution in [1.29, 1.82) is 0 Å². The number of tetrazole rings is 1. The second kappa shape index (κ2) is 11.4. The van der Waals surface area contributed by atoms with Crippen LogP contribution in [0, 0.1) is 0 Å². The molecule has 1 N–H and O–H groups in total. The molecule has 0 saturated heterocycles. The largest absolute Gasteiger partial charge is 0.423 e. The molecular weight excluding hydrogens is 378 g/mol. The van der Waals surface area contributed by atoms with Gasteiger partial charge in [-0.05, 0) is 67.1 Å². The average molecular weight is 404 g/mol. The molecule has 1 heterocycles. The second-order valence-corrected chi connectivity index (χ2v) is 6.41. The van der Waals surface area contributed by atoms with Crippen LogP contribution >= 0.6 is 12.4 Å². The monoisotopic (exact) mass is 403 g/mol. The van der Waals surface area contributed by atoms with Gasteiger partial charge in [0.1, 0.15) is 5.75 Å². The number of nitrogens with zero attached hydrogens (tertiary/aromatic N) is 4. The smallest absolute Gasteiger partial charge is 0.345 e. The minimum Gasteiger partial charge on any atom is -0.423 e. The Morgan fingerprint density at radius 2 is 1.89 bits per heavy atom. The molecule has 0 radical (unpaired) electrons. The fourth-order valence-electron chi connectivity index (χ4n) is 2.55. The molecule has 150 valence electrons. The van der Waals surface area contributed by atoms with E-state index in [0.717, 1.165) is 37.4 Å². The Hall–Kier alpha value is -2.48. The molecule has 0 atom stereocenters. The molecule has 7 nitrogen and oxygen atoms in total. The summed E-state index contributed by atoms with van der Waals surface area (Å²) in [5.74, 6) is 0.699. The minimum atomic E-state index is 0. The van der Waals surface area contributed by atoms with E-state index in [1.54, 1.807) is 4.68 Å². The lowest BCUT2D eigenvalue weighted by Gasteiger charge is -2.09. The van der Waals surface area contributed by atoms with Crippen molar-refractivity contribution in [3.8, 4) is 17.4 Å². The van der Waals surface area contributed by atoms with Crippen molar-refractivity contribution < 1.29 is 9.47 Å². The van der Waals surface area contributed by atoms with Crippen LogP contribution in [-0.2, 0) is 11.3 Å². The first-order valence-corrected chi connectivity index (χ1v) is 9.15. The highest BCUT2D eigenvalue weighted by molar-refractivity contribution is 5.85. The van der Waals surface area contributed by atoms with Crippen molar-refractivity contribution >= 4 is 12.4 Å². The van der Waals surface area contributed by atoms with E-state index < -0.39 is 0 Å². The fourth-order valence-corrected chi connectivity index (χ4v) is 2.55. The van der Waals surface area contributed by atoms with Crippen LogP contribution < -0.4 is 10.1 Å². The Kier molecular flexibility index (Phi) is 8.87. The van der Waals surface area contributed by atoms with Crippen LogP contribution in [0.3, 0.4) is 0 Å². The number of aromatic nitrogens is 4. The molecule has 0 aliphatic rings. The quantitative estimate of drug-likeness (QED) is 0.519. The van der Waals surface area contributed by atoms with Crippen molar-refractivity contribution in [1.82, 2.24) is 25.5 Å². The van der Waals surface area contributed by atoms with Crippen LogP contribution in [0.5, 0.6) is 11.8 Å². The van der Waals surface area contributed by atoms with Crippen molar-refractivity contribution in [2.75, 3.05) is 13.2 Å². The number of hydrogen-bond acceptors (Lipinski definition) is 6. The van der Waals surface area contributed by atoms with Crippen molar-refractivity contribution in [3.05, 3.63) is 60.2 Å². The van der Waals surface area contributed by atoms with Crippen molar-refractivity contribution in [3.63, 3.8) is 0 Å². The number of hydrogen-bond donors (Lipinski definition) is 1. The first kappa shape index (κ1) is 21.8. The standard InChI is InChI=1S/C20H25N5O2.ClH/c1-16(2)26-13-7-12-21-15-17-8-6-11-19(14-17)27-20-22-23-24-25(20)18-9-4-3-5-10-18;/h3-6,8-11,14,16,21H,7,12-13,15H2,1-2H3;1H. The van der Waals surface area contributed by atoms with Crippen LogP contribution in [0.4, 0.5) is 0 Å². The topological polar surface area (TPSA) is 74.1 Å². The second-order valence-electron chi connectivity index (χ2n) is 6.41. The summed E-state index contributed by atoms with van der Waals surface area (Å²) in [6, 6.07) is 17.9. The molecule has 3 aromatic rings. The van der Waals surface area contributed by atoms with Crippen LogP contribution in [0.1, 0.15) is 25.8 Å². The Bertz CT molecular complexity index is 826. The number of nitrogens with one attached hydrogen (secondary N) is 1. The number of halogens is 1.